The summed E-state index contributed by atoms with van der Waals surface area (Å²) in [4.78, 5) is 14.0. The van der Waals surface area contributed by atoms with Crippen LogP contribution in [0.15, 0.2) is 6.33 Å². The quantitative estimate of drug-likeness (QED) is 0.854. The molecule has 0 aliphatic heterocycles. The van der Waals surface area contributed by atoms with Gasteiger partial charge in [-0.1, -0.05) is 0 Å². The Bertz CT molecular complexity index is 675. The summed E-state index contributed by atoms with van der Waals surface area (Å²) in [6, 6.07) is 1.14. The summed E-state index contributed by atoms with van der Waals surface area (Å²) in [6.07, 6.45) is 4.11. The molecule has 1 aliphatic rings. The highest BCUT2D eigenvalue weighted by molar-refractivity contribution is 7.71. The largest absolute Gasteiger partial charge is 0.479 e. The average Bonchev–Trinajstić information content (AvgIpc) is 3.24. The number of nitrogens with one attached hydrogen (secondary N) is 1. The number of aromatic amines is 1. The van der Waals surface area contributed by atoms with E-state index in [1.54, 1.807) is 7.11 Å². The number of likely N-dealkylation sites (N-methyl/N-ethyl adjacent to an activating group) is 1. The van der Waals surface area contributed by atoms with Gasteiger partial charge in [0.05, 0.1) is 7.11 Å². The summed E-state index contributed by atoms with van der Waals surface area (Å²) < 4.78 is 7.93. The van der Waals surface area contributed by atoms with Crippen LogP contribution in [-0.2, 0) is 6.54 Å². The molecule has 1 unspecified atom stereocenters. The van der Waals surface area contributed by atoms with Crippen LogP contribution in [-0.4, -0.2) is 50.7 Å². The Kier molecular flexibility index (Phi) is 3.47. The summed E-state index contributed by atoms with van der Waals surface area (Å²) >= 11 is 5.41. The first-order chi connectivity index (χ1) is 9.61. The monoisotopic (exact) mass is 293 g/mol. The Balaban J connectivity index is 1.94. The minimum Gasteiger partial charge on any atom is -0.479 e. The molecule has 0 aromatic carbocycles. The molecule has 1 fully saturated rings. The summed E-state index contributed by atoms with van der Waals surface area (Å²) in [5.74, 6) is 0.531. The number of aromatic nitrogens is 4. The molecule has 1 atom stereocenters. The van der Waals surface area contributed by atoms with E-state index in [4.69, 9.17) is 17.0 Å². The van der Waals surface area contributed by atoms with Gasteiger partial charge in [0.15, 0.2) is 10.4 Å². The SMILES string of the molecule is COc1ncnc2c1[nH]c(=S)n2CC(C)N(C)C1CC1. The topological polar surface area (TPSA) is 59.0 Å². The molecule has 0 radical (unpaired) electrons. The molecule has 2 aromatic heterocycles. The fourth-order valence-corrected chi connectivity index (χ4v) is 2.77. The number of hydrogen-bond acceptors (Lipinski definition) is 5. The van der Waals surface area contributed by atoms with E-state index in [0.29, 0.717) is 16.7 Å². The summed E-state index contributed by atoms with van der Waals surface area (Å²) in [6.45, 7) is 3.03. The van der Waals surface area contributed by atoms with E-state index in [2.05, 4.69) is 33.8 Å². The van der Waals surface area contributed by atoms with Gasteiger partial charge in [0, 0.05) is 18.6 Å². The van der Waals surface area contributed by atoms with Crippen molar-refractivity contribution in [3.8, 4) is 5.88 Å². The van der Waals surface area contributed by atoms with Crippen molar-refractivity contribution in [2.75, 3.05) is 14.2 Å². The lowest BCUT2D eigenvalue weighted by Crippen LogP contribution is -2.34. The van der Waals surface area contributed by atoms with E-state index in [1.807, 2.05) is 4.57 Å². The molecule has 3 rings (SSSR count). The third kappa shape index (κ3) is 2.31. The van der Waals surface area contributed by atoms with Gasteiger partial charge in [-0.25, -0.2) is 4.98 Å². The summed E-state index contributed by atoms with van der Waals surface area (Å²) in [5.41, 5.74) is 1.57. The van der Waals surface area contributed by atoms with Gasteiger partial charge in [-0.15, -0.1) is 0 Å². The van der Waals surface area contributed by atoms with Crippen LogP contribution in [0.3, 0.4) is 0 Å². The average molecular weight is 293 g/mol. The number of H-pyrrole nitrogens is 1. The predicted octanol–water partition coefficient (Wildman–Crippen LogP) is 1.98. The molecule has 108 valence electrons. The molecule has 7 heteroatoms. The molecular formula is C13H19N5OS. The van der Waals surface area contributed by atoms with Gasteiger partial charge >= 0.3 is 0 Å². The summed E-state index contributed by atoms with van der Waals surface area (Å²) in [7, 11) is 3.77. The Labute approximate surface area is 122 Å². The third-order valence-electron chi connectivity index (χ3n) is 3.98. The van der Waals surface area contributed by atoms with Crippen molar-refractivity contribution in [2.24, 2.45) is 0 Å². The molecule has 2 heterocycles. The minimum absolute atomic E-state index is 0.411. The van der Waals surface area contributed by atoms with Crippen LogP contribution in [0, 0.1) is 4.77 Å². The van der Waals surface area contributed by atoms with Gasteiger partial charge in [0.1, 0.15) is 11.8 Å². The van der Waals surface area contributed by atoms with E-state index < -0.39 is 0 Å². The molecule has 0 spiro atoms. The Morgan fingerprint density at radius 1 is 1.55 bits per heavy atom. The molecule has 0 bridgehead atoms. The van der Waals surface area contributed by atoms with Crippen LogP contribution < -0.4 is 4.74 Å². The maximum absolute atomic E-state index is 5.41. The van der Waals surface area contributed by atoms with E-state index in [1.165, 1.54) is 19.2 Å². The highest BCUT2D eigenvalue weighted by Gasteiger charge is 2.29. The number of imidazole rings is 1. The van der Waals surface area contributed by atoms with Crippen LogP contribution in [0.5, 0.6) is 5.88 Å². The van der Waals surface area contributed by atoms with Crippen molar-refractivity contribution in [2.45, 2.75) is 38.4 Å². The Morgan fingerprint density at radius 3 is 2.95 bits per heavy atom. The molecule has 1 aliphatic carbocycles. The number of methoxy groups -OCH3 is 1. The minimum atomic E-state index is 0.411. The van der Waals surface area contributed by atoms with Gasteiger partial charge < -0.3 is 9.72 Å². The second-order valence-electron chi connectivity index (χ2n) is 5.37. The predicted molar refractivity (Wildman–Crippen MR) is 79.5 cm³/mol. The van der Waals surface area contributed by atoms with Gasteiger partial charge in [-0.05, 0) is 39.0 Å². The zero-order valence-electron chi connectivity index (χ0n) is 12.0. The molecular weight excluding hydrogens is 274 g/mol. The maximum atomic E-state index is 5.41. The number of nitrogens with zero attached hydrogens (tertiary/aromatic N) is 4. The number of rotatable bonds is 5. The highest BCUT2D eigenvalue weighted by atomic mass is 32.1. The van der Waals surface area contributed by atoms with Gasteiger partial charge in [0.2, 0.25) is 5.88 Å². The van der Waals surface area contributed by atoms with Gasteiger partial charge in [-0.3, -0.25) is 9.47 Å². The van der Waals surface area contributed by atoms with Crippen molar-refractivity contribution >= 4 is 23.4 Å². The zero-order chi connectivity index (χ0) is 14.3. The van der Waals surface area contributed by atoms with Crippen molar-refractivity contribution in [1.29, 1.82) is 0 Å². The van der Waals surface area contributed by atoms with Crippen LogP contribution in [0.2, 0.25) is 0 Å². The van der Waals surface area contributed by atoms with Crippen LogP contribution in [0.4, 0.5) is 0 Å². The number of fused-ring (bicyclic) bond motifs is 1. The number of hydrogen-bond donors (Lipinski definition) is 1. The highest BCUT2D eigenvalue weighted by Crippen LogP contribution is 2.28. The lowest BCUT2D eigenvalue weighted by Gasteiger charge is -2.24. The maximum Gasteiger partial charge on any atom is 0.242 e. The van der Waals surface area contributed by atoms with Crippen LogP contribution in [0.25, 0.3) is 11.2 Å². The normalized spacial score (nSPS) is 16.8. The van der Waals surface area contributed by atoms with Gasteiger partial charge in [0.25, 0.3) is 0 Å². The third-order valence-corrected chi connectivity index (χ3v) is 4.31. The second-order valence-corrected chi connectivity index (χ2v) is 5.75. The summed E-state index contributed by atoms with van der Waals surface area (Å²) in [5, 5.41) is 0. The van der Waals surface area contributed by atoms with Crippen LogP contribution in [0.1, 0.15) is 19.8 Å². The van der Waals surface area contributed by atoms with Crippen molar-refractivity contribution < 1.29 is 4.74 Å². The van der Waals surface area contributed by atoms with E-state index in [9.17, 15) is 0 Å². The first-order valence-corrected chi connectivity index (χ1v) is 7.22. The lowest BCUT2D eigenvalue weighted by molar-refractivity contribution is 0.226. The van der Waals surface area contributed by atoms with Crippen molar-refractivity contribution in [3.63, 3.8) is 0 Å². The van der Waals surface area contributed by atoms with Crippen molar-refractivity contribution in [1.82, 2.24) is 24.4 Å². The van der Waals surface area contributed by atoms with E-state index in [0.717, 1.165) is 23.8 Å². The molecule has 0 saturated heterocycles. The molecule has 1 N–H and O–H groups in total. The molecule has 1 saturated carbocycles. The zero-order valence-corrected chi connectivity index (χ0v) is 12.8. The lowest BCUT2D eigenvalue weighted by atomic mass is 10.3. The molecule has 0 amide bonds. The fourth-order valence-electron chi connectivity index (χ4n) is 2.50. The second kappa shape index (κ2) is 5.14. The number of ether oxygens (including phenoxy) is 1. The smallest absolute Gasteiger partial charge is 0.242 e. The first-order valence-electron chi connectivity index (χ1n) is 6.81. The Hall–Kier alpha value is -1.47. The van der Waals surface area contributed by atoms with Crippen molar-refractivity contribution in [3.05, 3.63) is 11.1 Å². The fraction of sp³-hybridized carbons (Fsp3) is 0.615. The standard InChI is InChI=1S/C13H19N5OS/c1-8(17(2)9-4-5-9)6-18-11-10(16-13(18)20)12(19-3)15-7-14-11/h7-9H,4-6H2,1-3H3,(H,16,20). The molecule has 20 heavy (non-hydrogen) atoms. The molecule has 2 aromatic rings. The first kappa shape index (κ1) is 13.5. The van der Waals surface area contributed by atoms with E-state index in [-0.39, 0.29) is 0 Å². The van der Waals surface area contributed by atoms with Gasteiger partial charge in [-0.2, -0.15) is 4.98 Å². The Morgan fingerprint density at radius 2 is 2.30 bits per heavy atom. The van der Waals surface area contributed by atoms with Crippen LogP contribution >= 0.6 is 12.2 Å². The molecule has 6 nitrogen and oxygen atoms in total. The van der Waals surface area contributed by atoms with E-state index >= 15 is 0 Å².